The number of nitrogens with zero attached hydrogens (tertiary/aromatic N) is 1. The van der Waals surface area contributed by atoms with Crippen LogP contribution in [0.5, 0.6) is 5.75 Å². The minimum atomic E-state index is -4.87. The Balaban J connectivity index is 1.81. The van der Waals surface area contributed by atoms with Crippen molar-refractivity contribution in [2.24, 2.45) is 0 Å². The number of hydrogen-bond donors (Lipinski definition) is 2. The molecule has 3 rings (SSSR count). The number of halogens is 3. The van der Waals surface area contributed by atoms with E-state index in [1.54, 1.807) is 20.8 Å². The maximum Gasteiger partial charge on any atom is 0.573 e. The smallest absolute Gasteiger partial charge is 0.461 e. The molecule has 1 aliphatic rings. The van der Waals surface area contributed by atoms with Gasteiger partial charge >= 0.3 is 18.4 Å². The molecular weight excluding hydrogens is 459 g/mol. The highest BCUT2D eigenvalue weighted by atomic mass is 19.4. The van der Waals surface area contributed by atoms with Crippen LogP contribution in [0.4, 0.5) is 18.0 Å². The van der Waals surface area contributed by atoms with Crippen molar-refractivity contribution in [3.05, 3.63) is 52.3 Å². The van der Waals surface area contributed by atoms with Crippen LogP contribution in [0.25, 0.3) is 0 Å². The number of rotatable bonds is 7. The molecule has 1 aromatic heterocycles. The van der Waals surface area contributed by atoms with E-state index in [0.717, 1.165) is 17.0 Å². The number of aryl methyl sites for hydroxylation is 1. The van der Waals surface area contributed by atoms with E-state index in [-0.39, 0.29) is 23.4 Å². The van der Waals surface area contributed by atoms with E-state index in [9.17, 15) is 32.3 Å². The van der Waals surface area contributed by atoms with Crippen LogP contribution in [0, 0.1) is 13.8 Å². The van der Waals surface area contributed by atoms with E-state index in [0.29, 0.717) is 11.3 Å². The molecule has 0 aliphatic carbocycles. The van der Waals surface area contributed by atoms with Crippen LogP contribution in [-0.2, 0) is 15.1 Å². The van der Waals surface area contributed by atoms with Gasteiger partial charge in [-0.3, -0.25) is 14.5 Å². The summed E-state index contributed by atoms with van der Waals surface area (Å²) >= 11 is 0. The maximum absolute atomic E-state index is 13.1. The van der Waals surface area contributed by atoms with Gasteiger partial charge in [0.25, 0.3) is 5.91 Å². The Hall–Kier alpha value is -3.83. The molecule has 34 heavy (non-hydrogen) atoms. The van der Waals surface area contributed by atoms with Gasteiger partial charge < -0.3 is 19.8 Å². The molecule has 2 aromatic rings. The molecule has 9 nitrogen and oxygen atoms in total. The molecule has 2 N–H and O–H groups in total. The van der Waals surface area contributed by atoms with Gasteiger partial charge in [0.2, 0.25) is 0 Å². The number of nitrogens with one attached hydrogen (secondary N) is 2. The maximum atomic E-state index is 13.1. The van der Waals surface area contributed by atoms with Crippen LogP contribution in [-0.4, -0.2) is 53.1 Å². The second-order valence-electron chi connectivity index (χ2n) is 7.79. The first-order chi connectivity index (χ1) is 15.8. The van der Waals surface area contributed by atoms with Gasteiger partial charge in [0.05, 0.1) is 13.2 Å². The molecule has 1 fully saturated rings. The fourth-order valence-corrected chi connectivity index (χ4v) is 3.82. The number of imide groups is 1. The summed E-state index contributed by atoms with van der Waals surface area (Å²) < 4.78 is 45.9. The van der Waals surface area contributed by atoms with Crippen molar-refractivity contribution in [3.8, 4) is 5.75 Å². The number of aromatic amines is 1. The second kappa shape index (κ2) is 8.84. The Morgan fingerprint density at radius 2 is 1.74 bits per heavy atom. The number of amides is 3. The highest BCUT2D eigenvalue weighted by Gasteiger charge is 2.49. The summed E-state index contributed by atoms with van der Waals surface area (Å²) in [6.45, 7) is 5.68. The van der Waals surface area contributed by atoms with Gasteiger partial charge in [-0.25, -0.2) is 9.59 Å². The number of esters is 1. The van der Waals surface area contributed by atoms with Gasteiger partial charge in [0.1, 0.15) is 17.0 Å². The molecule has 1 atom stereocenters. The Labute approximate surface area is 192 Å². The third kappa shape index (κ3) is 4.61. The van der Waals surface area contributed by atoms with Gasteiger partial charge in [-0.05, 0) is 51.0 Å². The first kappa shape index (κ1) is 24.8. The molecular formula is C22H22F3N3O6. The number of Topliss-reactive ketones (excluding diaryl/α,β-unsaturated/α-hetero) is 1. The quantitative estimate of drug-likeness (QED) is 0.356. The Kier molecular flexibility index (Phi) is 6.45. The molecule has 1 aliphatic heterocycles. The molecule has 0 bridgehead atoms. The highest BCUT2D eigenvalue weighted by Crippen LogP contribution is 2.32. The predicted octanol–water partition coefficient (Wildman–Crippen LogP) is 3.36. The van der Waals surface area contributed by atoms with Gasteiger partial charge in [-0.15, -0.1) is 13.2 Å². The molecule has 1 saturated heterocycles. The van der Waals surface area contributed by atoms with Crippen LogP contribution in [0.1, 0.15) is 51.5 Å². The van der Waals surface area contributed by atoms with Crippen molar-refractivity contribution in [2.45, 2.75) is 39.6 Å². The largest absolute Gasteiger partial charge is 0.573 e. The number of carbonyl (C=O) groups excluding carboxylic acids is 4. The monoisotopic (exact) mass is 481 g/mol. The van der Waals surface area contributed by atoms with Gasteiger partial charge in [-0.2, -0.15) is 0 Å². The summed E-state index contributed by atoms with van der Waals surface area (Å²) in [5.41, 5.74) is -0.436. The van der Waals surface area contributed by atoms with Crippen LogP contribution < -0.4 is 10.1 Å². The van der Waals surface area contributed by atoms with Crippen molar-refractivity contribution in [2.75, 3.05) is 13.2 Å². The summed E-state index contributed by atoms with van der Waals surface area (Å²) in [4.78, 5) is 54.2. The molecule has 2 heterocycles. The topological polar surface area (TPSA) is 118 Å². The lowest BCUT2D eigenvalue weighted by molar-refractivity contribution is -0.274. The minimum absolute atomic E-state index is 0.103. The average molecular weight is 481 g/mol. The summed E-state index contributed by atoms with van der Waals surface area (Å²) in [5, 5.41) is 2.48. The SMILES string of the molecule is CCOC(=O)c1[nH]c(C)c(C(=O)CN2C(=O)NC(C)(c3ccc(OC(F)(F)F)cc3)C2=O)c1C. The summed E-state index contributed by atoms with van der Waals surface area (Å²) in [5.74, 6) is -2.46. The lowest BCUT2D eigenvalue weighted by atomic mass is 9.92. The van der Waals surface area contributed by atoms with Crippen molar-refractivity contribution >= 4 is 23.7 Å². The van der Waals surface area contributed by atoms with Crippen molar-refractivity contribution in [1.82, 2.24) is 15.2 Å². The van der Waals surface area contributed by atoms with Crippen molar-refractivity contribution < 1.29 is 41.8 Å². The number of alkyl halides is 3. The van der Waals surface area contributed by atoms with E-state index in [1.165, 1.54) is 19.1 Å². The second-order valence-corrected chi connectivity index (χ2v) is 7.79. The Bertz CT molecular complexity index is 1160. The number of hydrogen-bond acceptors (Lipinski definition) is 6. The summed E-state index contributed by atoms with van der Waals surface area (Å²) in [6.07, 6.45) is -4.87. The van der Waals surface area contributed by atoms with Crippen LogP contribution in [0.3, 0.4) is 0 Å². The number of ketones is 1. The lowest BCUT2D eigenvalue weighted by Crippen LogP contribution is -2.41. The summed E-state index contributed by atoms with van der Waals surface area (Å²) in [6, 6.07) is 3.64. The highest BCUT2D eigenvalue weighted by molar-refractivity contribution is 6.12. The normalized spacial score (nSPS) is 18.1. The van der Waals surface area contributed by atoms with Gasteiger partial charge in [-0.1, -0.05) is 12.1 Å². The Morgan fingerprint density at radius 1 is 1.12 bits per heavy atom. The molecule has 1 unspecified atom stereocenters. The number of aromatic nitrogens is 1. The first-order valence-electron chi connectivity index (χ1n) is 10.2. The van der Waals surface area contributed by atoms with E-state index in [1.807, 2.05) is 0 Å². The standard InChI is InChI=1S/C22H22F3N3O6/c1-5-33-18(30)17-11(2)16(12(3)26-17)15(29)10-28-19(31)21(4,27-20(28)32)13-6-8-14(9-7-13)34-22(23,24)25/h6-9,26H,5,10H2,1-4H3,(H,27,32). The van der Waals surface area contributed by atoms with Crippen molar-refractivity contribution in [3.63, 3.8) is 0 Å². The average Bonchev–Trinajstić information content (AvgIpc) is 3.15. The minimum Gasteiger partial charge on any atom is -0.461 e. The number of urea groups is 1. The third-order valence-corrected chi connectivity index (χ3v) is 5.44. The molecule has 12 heteroatoms. The van der Waals surface area contributed by atoms with E-state index < -0.39 is 47.9 Å². The van der Waals surface area contributed by atoms with Crippen LogP contribution in [0.15, 0.2) is 24.3 Å². The number of carbonyl (C=O) groups is 4. The van der Waals surface area contributed by atoms with E-state index >= 15 is 0 Å². The summed E-state index contributed by atoms with van der Waals surface area (Å²) in [7, 11) is 0. The number of H-pyrrole nitrogens is 1. The van der Waals surface area contributed by atoms with Crippen molar-refractivity contribution in [1.29, 1.82) is 0 Å². The predicted molar refractivity (Wildman–Crippen MR) is 111 cm³/mol. The van der Waals surface area contributed by atoms with Crippen LogP contribution >= 0.6 is 0 Å². The zero-order valence-corrected chi connectivity index (χ0v) is 18.8. The van der Waals surface area contributed by atoms with Crippen LogP contribution in [0.2, 0.25) is 0 Å². The fourth-order valence-electron chi connectivity index (χ4n) is 3.82. The van der Waals surface area contributed by atoms with E-state index in [2.05, 4.69) is 15.0 Å². The third-order valence-electron chi connectivity index (χ3n) is 5.44. The number of benzene rings is 1. The molecule has 182 valence electrons. The molecule has 0 saturated carbocycles. The zero-order valence-electron chi connectivity index (χ0n) is 18.8. The molecule has 0 spiro atoms. The lowest BCUT2D eigenvalue weighted by Gasteiger charge is -2.22. The van der Waals surface area contributed by atoms with Gasteiger partial charge in [0, 0.05) is 11.3 Å². The van der Waals surface area contributed by atoms with Gasteiger partial charge in [0.15, 0.2) is 5.78 Å². The first-order valence-corrected chi connectivity index (χ1v) is 10.2. The zero-order chi connectivity index (χ0) is 25.4. The van der Waals surface area contributed by atoms with E-state index in [4.69, 9.17) is 4.74 Å². The Morgan fingerprint density at radius 3 is 2.29 bits per heavy atom. The molecule has 0 radical (unpaired) electrons. The fraction of sp³-hybridized carbons (Fsp3) is 0.364. The molecule has 1 aromatic carbocycles. The number of ether oxygens (including phenoxy) is 2. The molecule has 3 amide bonds.